The fraction of sp³-hybridized carbons (Fsp3) is 0.400. The first-order chi connectivity index (χ1) is 10.0. The molecule has 0 saturated carbocycles. The second kappa shape index (κ2) is 6.76. The van der Waals surface area contributed by atoms with Crippen LogP contribution in [0.5, 0.6) is 0 Å². The van der Waals surface area contributed by atoms with Gasteiger partial charge in [-0.15, -0.1) is 0 Å². The van der Waals surface area contributed by atoms with Crippen molar-refractivity contribution in [1.29, 1.82) is 0 Å². The molecule has 0 radical (unpaired) electrons. The minimum Gasteiger partial charge on any atom is -0.273 e. The summed E-state index contributed by atoms with van der Waals surface area (Å²) in [5.74, 6) is 1.66. The second-order valence-corrected chi connectivity index (χ2v) is 5.89. The first-order valence-corrected chi connectivity index (χ1v) is 8.17. The molecule has 0 bridgehead atoms. The first-order valence-electron chi connectivity index (χ1n) is 6.77. The average Bonchev–Trinajstić information content (AvgIpc) is 2.89. The number of rotatable bonds is 5. The topological polar surface area (TPSA) is 51.0 Å². The van der Waals surface area contributed by atoms with Gasteiger partial charge in [-0.25, -0.2) is 9.66 Å². The van der Waals surface area contributed by atoms with E-state index in [0.29, 0.717) is 0 Å². The Labute approximate surface area is 129 Å². The lowest BCUT2D eigenvalue weighted by Crippen LogP contribution is -2.41. The maximum Gasteiger partial charge on any atom is 0.244 e. The highest BCUT2D eigenvalue weighted by Crippen LogP contribution is 2.18. The molecular weight excluding hydrogens is 284 g/mol. The lowest BCUT2D eigenvalue weighted by atomic mass is 10.2. The third-order valence-electron chi connectivity index (χ3n) is 3.30. The van der Waals surface area contributed by atoms with Gasteiger partial charge in [0.1, 0.15) is 5.82 Å². The van der Waals surface area contributed by atoms with Gasteiger partial charge in [-0.1, -0.05) is 6.92 Å². The van der Waals surface area contributed by atoms with Crippen molar-refractivity contribution in [2.75, 3.05) is 24.1 Å². The predicted molar refractivity (Wildman–Crippen MR) is 86.9 cm³/mol. The summed E-state index contributed by atoms with van der Waals surface area (Å²) in [7, 11) is 1.78. The smallest absolute Gasteiger partial charge is 0.244 e. The van der Waals surface area contributed by atoms with Gasteiger partial charge >= 0.3 is 0 Å². The van der Waals surface area contributed by atoms with Crippen molar-refractivity contribution in [3.05, 3.63) is 36.5 Å². The molecule has 0 fully saturated rings. The van der Waals surface area contributed by atoms with Crippen molar-refractivity contribution >= 4 is 17.7 Å². The number of amides is 1. The number of carbonyl (C=O) groups excluding carboxylic acids is 1. The number of thioether (sulfide) groups is 1. The molecule has 0 N–H and O–H groups in total. The fourth-order valence-corrected chi connectivity index (χ4v) is 2.81. The molecule has 2 aromatic heterocycles. The Morgan fingerprint density at radius 2 is 2.29 bits per heavy atom. The maximum absolute atomic E-state index is 12.4. The van der Waals surface area contributed by atoms with E-state index in [0.717, 1.165) is 22.8 Å². The number of hydrogen-bond donors (Lipinski definition) is 0. The van der Waals surface area contributed by atoms with Gasteiger partial charge in [-0.05, 0) is 25.3 Å². The summed E-state index contributed by atoms with van der Waals surface area (Å²) in [6, 6.07) is 3.83. The minimum absolute atomic E-state index is 0.0198. The Morgan fingerprint density at radius 3 is 2.90 bits per heavy atom. The van der Waals surface area contributed by atoms with Crippen LogP contribution in [0.15, 0.2) is 30.7 Å². The number of nitrogens with zero attached hydrogens (tertiary/aromatic N) is 4. The largest absolute Gasteiger partial charge is 0.273 e. The highest BCUT2D eigenvalue weighted by molar-refractivity contribution is 7.98. The summed E-state index contributed by atoms with van der Waals surface area (Å²) in [5.41, 5.74) is 1.76. The van der Waals surface area contributed by atoms with E-state index in [2.05, 4.69) is 9.97 Å². The number of hydrogen-bond acceptors (Lipinski definition) is 4. The number of carbonyl (C=O) groups is 1. The normalized spacial score (nSPS) is 12.2. The lowest BCUT2D eigenvalue weighted by molar-refractivity contribution is -0.122. The second-order valence-electron chi connectivity index (χ2n) is 4.98. The third kappa shape index (κ3) is 3.44. The molecule has 1 unspecified atom stereocenters. The molecular formula is C15H20N4OS. The number of imidazole rings is 1. The maximum atomic E-state index is 12.4. The SMILES string of the molecule is CSCC(C)C(=O)N(C)n1cc(-c2cccnc2)nc1C. The van der Waals surface area contributed by atoms with Crippen LogP contribution in [0.3, 0.4) is 0 Å². The van der Waals surface area contributed by atoms with Gasteiger partial charge in [-0.3, -0.25) is 14.8 Å². The number of aryl methyl sites for hydroxylation is 1. The predicted octanol–water partition coefficient (Wildman–Crippen LogP) is 2.35. The van der Waals surface area contributed by atoms with Crippen molar-refractivity contribution < 1.29 is 4.79 Å². The molecule has 0 aliphatic carbocycles. The summed E-state index contributed by atoms with van der Waals surface area (Å²) < 4.78 is 1.79. The molecule has 6 heteroatoms. The van der Waals surface area contributed by atoms with Crippen LogP contribution in [0.2, 0.25) is 0 Å². The zero-order chi connectivity index (χ0) is 15.4. The molecule has 0 aliphatic rings. The monoisotopic (exact) mass is 304 g/mol. The Hall–Kier alpha value is -1.82. The molecule has 0 saturated heterocycles. The van der Waals surface area contributed by atoms with Crippen LogP contribution in [0.1, 0.15) is 12.7 Å². The fourth-order valence-electron chi connectivity index (χ4n) is 2.17. The molecule has 2 aromatic rings. The molecule has 1 amide bonds. The molecule has 0 aromatic carbocycles. The van der Waals surface area contributed by atoms with Gasteiger partial charge in [0.15, 0.2) is 0 Å². The number of pyridine rings is 1. The van der Waals surface area contributed by atoms with E-state index in [1.54, 1.807) is 40.9 Å². The summed E-state index contributed by atoms with van der Waals surface area (Å²) in [6.07, 6.45) is 7.38. The lowest BCUT2D eigenvalue weighted by Gasteiger charge is -2.22. The van der Waals surface area contributed by atoms with Crippen LogP contribution in [-0.2, 0) is 4.79 Å². The van der Waals surface area contributed by atoms with Gasteiger partial charge in [0.25, 0.3) is 0 Å². The van der Waals surface area contributed by atoms with Crippen LogP contribution >= 0.6 is 11.8 Å². The minimum atomic E-state index is -0.0198. The van der Waals surface area contributed by atoms with E-state index in [9.17, 15) is 4.79 Å². The molecule has 1 atom stereocenters. The number of aromatic nitrogens is 3. The van der Waals surface area contributed by atoms with Crippen molar-refractivity contribution in [1.82, 2.24) is 14.6 Å². The summed E-state index contributed by atoms with van der Waals surface area (Å²) in [6.45, 7) is 3.84. The summed E-state index contributed by atoms with van der Waals surface area (Å²) in [5, 5.41) is 1.63. The van der Waals surface area contributed by atoms with Crippen LogP contribution < -0.4 is 5.01 Å². The van der Waals surface area contributed by atoms with E-state index in [1.165, 1.54) is 0 Å². The molecule has 0 aliphatic heterocycles. The highest BCUT2D eigenvalue weighted by atomic mass is 32.2. The standard InChI is InChI=1S/C15H20N4OS/c1-11(10-21-4)15(20)18(3)19-9-14(17-12(19)2)13-6-5-7-16-8-13/h5-9,11H,10H2,1-4H3. The highest BCUT2D eigenvalue weighted by Gasteiger charge is 2.20. The van der Waals surface area contributed by atoms with Crippen LogP contribution in [0.4, 0.5) is 0 Å². The van der Waals surface area contributed by atoms with E-state index >= 15 is 0 Å². The van der Waals surface area contributed by atoms with Crippen molar-refractivity contribution in [3.63, 3.8) is 0 Å². The Morgan fingerprint density at radius 1 is 1.52 bits per heavy atom. The van der Waals surface area contributed by atoms with Gasteiger partial charge in [0, 0.05) is 36.7 Å². The Bertz CT molecular complexity index is 611. The van der Waals surface area contributed by atoms with Gasteiger partial charge in [-0.2, -0.15) is 11.8 Å². The van der Waals surface area contributed by atoms with Gasteiger partial charge in [0.2, 0.25) is 5.91 Å². The zero-order valence-corrected chi connectivity index (χ0v) is 13.6. The molecule has 21 heavy (non-hydrogen) atoms. The van der Waals surface area contributed by atoms with Crippen LogP contribution in [0.25, 0.3) is 11.3 Å². The van der Waals surface area contributed by atoms with Crippen LogP contribution in [-0.4, -0.2) is 39.6 Å². The van der Waals surface area contributed by atoms with Gasteiger partial charge in [0.05, 0.1) is 11.9 Å². The van der Waals surface area contributed by atoms with Crippen molar-refractivity contribution in [2.45, 2.75) is 13.8 Å². The summed E-state index contributed by atoms with van der Waals surface area (Å²) >= 11 is 1.68. The average molecular weight is 304 g/mol. The van der Waals surface area contributed by atoms with Crippen LogP contribution in [0, 0.1) is 12.8 Å². The quantitative estimate of drug-likeness (QED) is 0.851. The molecule has 2 heterocycles. The van der Waals surface area contributed by atoms with Gasteiger partial charge < -0.3 is 0 Å². The molecule has 5 nitrogen and oxygen atoms in total. The molecule has 112 valence electrons. The van der Waals surface area contributed by atoms with Crippen molar-refractivity contribution in [3.8, 4) is 11.3 Å². The molecule has 2 rings (SSSR count). The van der Waals surface area contributed by atoms with E-state index in [1.807, 2.05) is 38.4 Å². The Balaban J connectivity index is 2.25. The zero-order valence-electron chi connectivity index (χ0n) is 12.8. The van der Waals surface area contributed by atoms with E-state index in [4.69, 9.17) is 0 Å². The first kappa shape index (κ1) is 15.6. The summed E-state index contributed by atoms with van der Waals surface area (Å²) in [4.78, 5) is 21.0. The Kier molecular flexibility index (Phi) is 5.01. The van der Waals surface area contributed by atoms with Crippen molar-refractivity contribution in [2.24, 2.45) is 5.92 Å². The third-order valence-corrected chi connectivity index (χ3v) is 4.13. The molecule has 0 spiro atoms. The van der Waals surface area contributed by atoms with E-state index < -0.39 is 0 Å². The van der Waals surface area contributed by atoms with E-state index in [-0.39, 0.29) is 11.8 Å².